The van der Waals surface area contributed by atoms with Crippen molar-refractivity contribution in [2.45, 2.75) is 44.4 Å². The lowest BCUT2D eigenvalue weighted by Gasteiger charge is -2.56. The zero-order chi connectivity index (χ0) is 26.5. The number of hydrogen-bond acceptors (Lipinski definition) is 6. The highest BCUT2D eigenvalue weighted by atomic mass is 15.4. The minimum absolute atomic E-state index is 0.0469. The molecule has 0 amide bonds. The third-order valence-corrected chi connectivity index (χ3v) is 8.65. The number of nitrogens with zero attached hydrogens (tertiary/aromatic N) is 8. The number of benzene rings is 1. The van der Waals surface area contributed by atoms with E-state index >= 15 is 0 Å². The SMILES string of the molecule is [C-]#[N+]C1CN(c2cc(-c3ccc(N4CC5CC(C4)N5Cc4ccc(CC)cc4)nc3)c3c(C#N)cnn3c2)C1. The molecule has 2 bridgehead atoms. The topological polar surface area (TPSA) is 68.1 Å². The molecule has 8 heteroatoms. The molecule has 4 aliphatic heterocycles. The van der Waals surface area contributed by atoms with Gasteiger partial charge in [-0.3, -0.25) is 4.90 Å². The van der Waals surface area contributed by atoms with Gasteiger partial charge in [-0.2, -0.15) is 10.4 Å². The van der Waals surface area contributed by atoms with Gasteiger partial charge in [-0.25, -0.2) is 16.1 Å². The summed E-state index contributed by atoms with van der Waals surface area (Å²) in [6.45, 7) is 13.9. The summed E-state index contributed by atoms with van der Waals surface area (Å²) >= 11 is 0. The van der Waals surface area contributed by atoms with Crippen molar-refractivity contribution in [2.24, 2.45) is 0 Å². The van der Waals surface area contributed by atoms with Crippen molar-refractivity contribution < 1.29 is 0 Å². The first-order chi connectivity index (χ1) is 19.1. The molecule has 8 rings (SSSR count). The number of piperidine rings is 1. The Morgan fingerprint density at radius 1 is 1.00 bits per heavy atom. The van der Waals surface area contributed by atoms with Crippen LogP contribution in [0.25, 0.3) is 21.5 Å². The Bertz CT molecular complexity index is 1590. The molecule has 0 radical (unpaired) electrons. The van der Waals surface area contributed by atoms with Crippen LogP contribution in [0.3, 0.4) is 0 Å². The molecule has 0 saturated carbocycles. The highest BCUT2D eigenvalue weighted by molar-refractivity contribution is 5.86. The van der Waals surface area contributed by atoms with Crippen LogP contribution in [0, 0.1) is 17.9 Å². The first kappa shape index (κ1) is 23.7. The Labute approximate surface area is 228 Å². The van der Waals surface area contributed by atoms with Gasteiger partial charge in [-0.15, -0.1) is 0 Å². The van der Waals surface area contributed by atoms with Crippen molar-refractivity contribution >= 4 is 17.0 Å². The van der Waals surface area contributed by atoms with Gasteiger partial charge < -0.3 is 14.6 Å². The van der Waals surface area contributed by atoms with E-state index < -0.39 is 0 Å². The maximum absolute atomic E-state index is 9.71. The zero-order valence-corrected chi connectivity index (χ0v) is 22.0. The zero-order valence-electron chi connectivity index (χ0n) is 22.0. The Morgan fingerprint density at radius 2 is 1.77 bits per heavy atom. The standard InChI is InChI=1S/C31H30N8/c1-3-21-4-6-22(7-5-21)15-38-27-10-28(38)19-37(18-27)30-9-8-23(13-34-30)29-11-26(36-16-25(17-36)33-2)20-39-31(29)24(12-32)14-35-39/h4-9,11,13-14,20,25,27-28H,3,10,15-19H2,1H3. The number of aryl methyl sites for hydroxylation is 1. The van der Waals surface area contributed by atoms with Crippen LogP contribution in [0.1, 0.15) is 30.0 Å². The number of pyridine rings is 2. The fourth-order valence-electron chi connectivity index (χ4n) is 6.29. The number of rotatable bonds is 6. The minimum Gasteiger partial charge on any atom is -0.354 e. The van der Waals surface area contributed by atoms with Gasteiger partial charge in [0.25, 0.3) is 6.04 Å². The van der Waals surface area contributed by atoms with Crippen LogP contribution in [-0.2, 0) is 13.0 Å². The van der Waals surface area contributed by atoms with Crippen molar-refractivity contribution in [2.75, 3.05) is 36.0 Å². The predicted molar refractivity (Wildman–Crippen MR) is 152 cm³/mol. The van der Waals surface area contributed by atoms with E-state index in [4.69, 9.17) is 11.6 Å². The Balaban J connectivity index is 1.10. The van der Waals surface area contributed by atoms with Gasteiger partial charge >= 0.3 is 0 Å². The molecule has 1 aromatic carbocycles. The van der Waals surface area contributed by atoms with Crippen molar-refractivity contribution in [3.63, 3.8) is 0 Å². The van der Waals surface area contributed by atoms with Crippen LogP contribution in [0.15, 0.2) is 61.1 Å². The molecule has 4 aliphatic rings. The third kappa shape index (κ3) is 4.09. The van der Waals surface area contributed by atoms with E-state index in [1.807, 2.05) is 12.4 Å². The lowest BCUT2D eigenvalue weighted by Crippen LogP contribution is -2.68. The van der Waals surface area contributed by atoms with E-state index in [9.17, 15) is 5.26 Å². The second kappa shape index (κ2) is 9.41. The van der Waals surface area contributed by atoms with Crippen molar-refractivity contribution in [1.82, 2.24) is 19.5 Å². The van der Waals surface area contributed by atoms with Gasteiger partial charge in [-0.05, 0) is 42.2 Å². The van der Waals surface area contributed by atoms with Crippen molar-refractivity contribution in [3.05, 3.63) is 89.2 Å². The molecular weight excluding hydrogens is 484 g/mol. The van der Waals surface area contributed by atoms with E-state index in [0.29, 0.717) is 17.6 Å². The van der Waals surface area contributed by atoms with E-state index in [2.05, 4.69) is 80.1 Å². The summed E-state index contributed by atoms with van der Waals surface area (Å²) in [7, 11) is 0. The lowest BCUT2D eigenvalue weighted by atomic mass is 9.86. The summed E-state index contributed by atoms with van der Waals surface area (Å²) < 4.78 is 1.78. The van der Waals surface area contributed by atoms with Gasteiger partial charge in [-0.1, -0.05) is 31.2 Å². The molecule has 4 aromatic rings. The Morgan fingerprint density at radius 3 is 2.44 bits per heavy atom. The van der Waals surface area contributed by atoms with Crippen LogP contribution in [0.2, 0.25) is 0 Å². The van der Waals surface area contributed by atoms with Gasteiger partial charge in [0.2, 0.25) is 0 Å². The Kier molecular flexibility index (Phi) is 5.72. The van der Waals surface area contributed by atoms with E-state index in [1.165, 1.54) is 17.5 Å². The largest absolute Gasteiger partial charge is 0.354 e. The second-order valence-corrected chi connectivity index (χ2v) is 11.0. The highest BCUT2D eigenvalue weighted by Crippen LogP contribution is 2.37. The quantitative estimate of drug-likeness (QED) is 0.355. The molecule has 2 unspecified atom stereocenters. The summed E-state index contributed by atoms with van der Waals surface area (Å²) in [5, 5.41) is 14.1. The number of piperazine rings is 1. The smallest absolute Gasteiger partial charge is 0.257 e. The highest BCUT2D eigenvalue weighted by Gasteiger charge is 2.44. The monoisotopic (exact) mass is 514 g/mol. The first-order valence-corrected chi connectivity index (χ1v) is 13.7. The summed E-state index contributed by atoms with van der Waals surface area (Å²) in [5.41, 5.74) is 7.03. The summed E-state index contributed by atoms with van der Waals surface area (Å²) in [6.07, 6.45) is 7.83. The van der Waals surface area contributed by atoms with Gasteiger partial charge in [0.15, 0.2) is 0 Å². The van der Waals surface area contributed by atoms with E-state index in [1.54, 1.807) is 10.7 Å². The van der Waals surface area contributed by atoms with Gasteiger partial charge in [0.05, 0.1) is 42.3 Å². The normalized spacial score (nSPS) is 20.8. The third-order valence-electron chi connectivity index (χ3n) is 8.65. The summed E-state index contributed by atoms with van der Waals surface area (Å²) in [5.74, 6) is 1.00. The molecule has 8 nitrogen and oxygen atoms in total. The molecule has 0 spiro atoms. The number of nitriles is 1. The number of aromatic nitrogens is 3. The average Bonchev–Trinajstić information content (AvgIpc) is 3.38. The van der Waals surface area contributed by atoms with Crippen molar-refractivity contribution in [3.8, 4) is 17.2 Å². The molecule has 7 heterocycles. The Hall–Kier alpha value is -4.40. The molecule has 194 valence electrons. The molecule has 4 fully saturated rings. The fraction of sp³-hybridized carbons (Fsp3) is 0.355. The average molecular weight is 515 g/mol. The number of fused-ring (bicyclic) bond motifs is 3. The minimum atomic E-state index is 0.0469. The van der Waals surface area contributed by atoms with Crippen molar-refractivity contribution in [1.29, 1.82) is 5.26 Å². The first-order valence-electron chi connectivity index (χ1n) is 13.7. The number of hydrogen-bond donors (Lipinski definition) is 0. The molecule has 0 aliphatic carbocycles. The van der Waals surface area contributed by atoms with Crippen LogP contribution in [0.4, 0.5) is 11.5 Å². The van der Waals surface area contributed by atoms with Crippen LogP contribution in [0.5, 0.6) is 0 Å². The molecule has 39 heavy (non-hydrogen) atoms. The van der Waals surface area contributed by atoms with Gasteiger partial charge in [0.1, 0.15) is 11.9 Å². The summed E-state index contributed by atoms with van der Waals surface area (Å²) in [4.78, 5) is 15.8. The molecule has 4 saturated heterocycles. The second-order valence-electron chi connectivity index (χ2n) is 11.0. The predicted octanol–water partition coefficient (Wildman–Crippen LogP) is 4.40. The number of anilines is 2. The van der Waals surface area contributed by atoms with Crippen LogP contribution < -0.4 is 9.80 Å². The molecular formula is C31H30N8. The van der Waals surface area contributed by atoms with Crippen LogP contribution >= 0.6 is 0 Å². The maximum Gasteiger partial charge on any atom is 0.257 e. The van der Waals surface area contributed by atoms with Gasteiger partial charge in [0, 0.05) is 49.0 Å². The van der Waals surface area contributed by atoms with E-state index in [-0.39, 0.29) is 6.04 Å². The maximum atomic E-state index is 9.71. The molecule has 3 aromatic heterocycles. The van der Waals surface area contributed by atoms with E-state index in [0.717, 1.165) is 67.3 Å². The summed E-state index contributed by atoms with van der Waals surface area (Å²) in [6, 6.07) is 18.8. The molecule has 0 N–H and O–H groups in total. The lowest BCUT2D eigenvalue weighted by molar-refractivity contribution is -0.00868. The van der Waals surface area contributed by atoms with Crippen LogP contribution in [-0.4, -0.2) is 63.8 Å². The molecule has 2 atom stereocenters. The fourth-order valence-corrected chi connectivity index (χ4v) is 6.29.